The van der Waals surface area contributed by atoms with Gasteiger partial charge in [-0.1, -0.05) is 50.2 Å². The van der Waals surface area contributed by atoms with E-state index in [1.165, 1.54) is 0 Å². The minimum atomic E-state index is -0.151. The molecule has 138 valence electrons. The molecule has 0 spiro atoms. The highest BCUT2D eigenvalue weighted by atomic mass is 16.1. The van der Waals surface area contributed by atoms with Crippen LogP contribution in [0.1, 0.15) is 41.3 Å². The molecule has 0 aliphatic heterocycles. The second-order valence-corrected chi connectivity index (χ2v) is 6.97. The van der Waals surface area contributed by atoms with Crippen molar-refractivity contribution in [3.8, 4) is 0 Å². The first kappa shape index (κ1) is 18.6. The van der Waals surface area contributed by atoms with Crippen molar-refractivity contribution in [2.24, 2.45) is 0 Å². The van der Waals surface area contributed by atoms with E-state index in [1.54, 1.807) is 12.4 Å². The van der Waals surface area contributed by atoms with Crippen molar-refractivity contribution in [3.63, 3.8) is 0 Å². The average Bonchev–Trinajstić information content (AvgIpc) is 2.69. The molecule has 1 amide bonds. The molecular weight excluding hydrogens is 334 g/mol. The maximum absolute atomic E-state index is 12.9. The number of carbonyl (C=O) groups excluding carboxylic acids is 1. The molecule has 0 saturated heterocycles. The minimum Gasteiger partial charge on any atom is -0.343 e. The Balaban J connectivity index is 1.87. The second kappa shape index (κ2) is 8.04. The summed E-state index contributed by atoms with van der Waals surface area (Å²) in [6, 6.07) is 18.0. The Kier molecular flexibility index (Phi) is 5.55. The summed E-state index contributed by atoms with van der Waals surface area (Å²) >= 11 is 0. The molecule has 0 bridgehead atoms. The first-order chi connectivity index (χ1) is 13.0. The maximum atomic E-state index is 12.9. The number of rotatable bonds is 5. The highest BCUT2D eigenvalue weighted by Gasteiger charge is 2.15. The lowest BCUT2D eigenvalue weighted by molar-refractivity contribution is 0.102. The number of amides is 1. The lowest BCUT2D eigenvalue weighted by atomic mass is 9.98. The van der Waals surface area contributed by atoms with Gasteiger partial charge in [-0.15, -0.1) is 0 Å². The van der Waals surface area contributed by atoms with Gasteiger partial charge in [0.25, 0.3) is 5.91 Å². The first-order valence-electron chi connectivity index (χ1n) is 9.12. The van der Waals surface area contributed by atoms with Gasteiger partial charge >= 0.3 is 0 Å². The number of nitrogens with zero attached hydrogens (tertiary/aromatic N) is 2. The predicted molar refractivity (Wildman–Crippen MR) is 112 cm³/mol. The lowest BCUT2D eigenvalue weighted by Crippen LogP contribution is -2.16. The van der Waals surface area contributed by atoms with Crippen molar-refractivity contribution in [3.05, 3.63) is 83.7 Å². The largest absolute Gasteiger partial charge is 0.343 e. The Morgan fingerprint density at radius 3 is 2.44 bits per heavy atom. The fraction of sp³-hybridized carbons (Fsp3) is 0.217. The number of aryl methyl sites for hydroxylation is 1. The van der Waals surface area contributed by atoms with Crippen LogP contribution >= 0.6 is 0 Å². The number of aromatic nitrogens is 1. The average molecular weight is 359 g/mol. The number of hydrogen-bond donors (Lipinski definition) is 1. The molecule has 1 N–H and O–H groups in total. The van der Waals surface area contributed by atoms with Gasteiger partial charge < -0.3 is 10.2 Å². The van der Waals surface area contributed by atoms with Gasteiger partial charge in [-0.05, 0) is 42.2 Å². The lowest BCUT2D eigenvalue weighted by Gasteiger charge is -2.20. The van der Waals surface area contributed by atoms with E-state index in [1.807, 2.05) is 67.4 Å². The molecule has 3 aromatic rings. The van der Waals surface area contributed by atoms with Crippen molar-refractivity contribution in [1.82, 2.24) is 4.98 Å². The van der Waals surface area contributed by atoms with Gasteiger partial charge in [-0.25, -0.2) is 0 Å². The predicted octanol–water partition coefficient (Wildman–Crippen LogP) is 5.53. The van der Waals surface area contributed by atoms with E-state index in [9.17, 15) is 4.79 Å². The molecule has 0 fully saturated rings. The molecule has 0 atom stereocenters. The van der Waals surface area contributed by atoms with Crippen molar-refractivity contribution >= 4 is 23.0 Å². The van der Waals surface area contributed by atoms with Gasteiger partial charge in [0.15, 0.2) is 0 Å². The SMILES string of the molecule is Cc1cccc(C(C)C)c1NC(=O)c1cncc(N(C)c2ccccc2)c1. The van der Waals surface area contributed by atoms with Crippen LogP contribution < -0.4 is 10.2 Å². The summed E-state index contributed by atoms with van der Waals surface area (Å²) in [5, 5.41) is 3.08. The zero-order chi connectivity index (χ0) is 19.4. The second-order valence-electron chi connectivity index (χ2n) is 6.97. The van der Waals surface area contributed by atoms with Crippen molar-refractivity contribution < 1.29 is 4.79 Å². The highest BCUT2D eigenvalue weighted by molar-refractivity contribution is 6.05. The molecule has 3 rings (SSSR count). The van der Waals surface area contributed by atoms with Crippen LogP contribution in [0.3, 0.4) is 0 Å². The van der Waals surface area contributed by atoms with E-state index >= 15 is 0 Å². The number of benzene rings is 2. The molecule has 1 heterocycles. The number of nitrogens with one attached hydrogen (secondary N) is 1. The Morgan fingerprint density at radius 1 is 1.00 bits per heavy atom. The summed E-state index contributed by atoms with van der Waals surface area (Å²) in [6.45, 7) is 6.27. The quantitative estimate of drug-likeness (QED) is 0.651. The third-order valence-corrected chi connectivity index (χ3v) is 4.68. The molecule has 0 saturated carbocycles. The van der Waals surface area contributed by atoms with Gasteiger partial charge in [0.2, 0.25) is 0 Å². The smallest absolute Gasteiger partial charge is 0.257 e. The van der Waals surface area contributed by atoms with Crippen LogP contribution in [0.2, 0.25) is 0 Å². The summed E-state index contributed by atoms with van der Waals surface area (Å²) in [5.41, 5.74) is 5.52. The number of carbonyl (C=O) groups is 1. The van der Waals surface area contributed by atoms with Crippen LogP contribution in [0.5, 0.6) is 0 Å². The Labute approximate surface area is 160 Å². The van der Waals surface area contributed by atoms with Crippen LogP contribution in [-0.2, 0) is 0 Å². The molecule has 0 unspecified atom stereocenters. The summed E-state index contributed by atoms with van der Waals surface area (Å²) in [5.74, 6) is 0.177. The Hall–Kier alpha value is -3.14. The Morgan fingerprint density at radius 2 is 1.74 bits per heavy atom. The molecule has 27 heavy (non-hydrogen) atoms. The molecule has 0 aliphatic carbocycles. The number of hydrogen-bond acceptors (Lipinski definition) is 3. The normalized spacial score (nSPS) is 10.7. The van der Waals surface area contributed by atoms with Crippen LogP contribution in [0.15, 0.2) is 67.0 Å². The van der Waals surface area contributed by atoms with Crippen molar-refractivity contribution in [1.29, 1.82) is 0 Å². The molecule has 1 aromatic heterocycles. The van der Waals surface area contributed by atoms with E-state index in [4.69, 9.17) is 0 Å². The van der Waals surface area contributed by atoms with Crippen LogP contribution in [0.25, 0.3) is 0 Å². The summed E-state index contributed by atoms with van der Waals surface area (Å²) in [6.07, 6.45) is 3.36. The topological polar surface area (TPSA) is 45.2 Å². The third-order valence-electron chi connectivity index (χ3n) is 4.68. The van der Waals surface area contributed by atoms with Crippen molar-refractivity contribution in [2.45, 2.75) is 26.7 Å². The monoisotopic (exact) mass is 359 g/mol. The van der Waals surface area contributed by atoms with Gasteiger partial charge in [-0.3, -0.25) is 9.78 Å². The van der Waals surface area contributed by atoms with Gasteiger partial charge in [0.05, 0.1) is 17.4 Å². The molecule has 2 aromatic carbocycles. The molecule has 0 aliphatic rings. The third kappa shape index (κ3) is 4.17. The fourth-order valence-electron chi connectivity index (χ4n) is 3.06. The van der Waals surface area contributed by atoms with Gasteiger partial charge in [0, 0.05) is 24.6 Å². The number of anilines is 3. The zero-order valence-corrected chi connectivity index (χ0v) is 16.2. The standard InChI is InChI=1S/C23H25N3O/c1-16(2)21-12-8-9-17(3)22(21)25-23(27)18-13-20(15-24-14-18)26(4)19-10-6-5-7-11-19/h5-16H,1-4H3,(H,25,27). The van der Waals surface area contributed by atoms with E-state index in [0.717, 1.165) is 28.2 Å². The molecule has 0 radical (unpaired) electrons. The summed E-state index contributed by atoms with van der Waals surface area (Å²) in [7, 11) is 1.96. The molecule has 4 nitrogen and oxygen atoms in total. The van der Waals surface area contributed by atoms with Crippen LogP contribution in [-0.4, -0.2) is 17.9 Å². The molecular formula is C23H25N3O. The number of pyridine rings is 1. The summed E-state index contributed by atoms with van der Waals surface area (Å²) in [4.78, 5) is 19.2. The van der Waals surface area contributed by atoms with E-state index < -0.39 is 0 Å². The Bertz CT molecular complexity index is 935. The van der Waals surface area contributed by atoms with Crippen LogP contribution in [0.4, 0.5) is 17.1 Å². The van der Waals surface area contributed by atoms with Crippen molar-refractivity contribution in [2.75, 3.05) is 17.3 Å². The minimum absolute atomic E-state index is 0.151. The fourth-order valence-corrected chi connectivity index (χ4v) is 3.06. The molecule has 4 heteroatoms. The van der Waals surface area contributed by atoms with E-state index in [-0.39, 0.29) is 5.91 Å². The van der Waals surface area contributed by atoms with E-state index in [0.29, 0.717) is 11.5 Å². The zero-order valence-electron chi connectivity index (χ0n) is 16.2. The highest BCUT2D eigenvalue weighted by Crippen LogP contribution is 2.28. The van der Waals surface area contributed by atoms with Gasteiger partial charge in [-0.2, -0.15) is 0 Å². The van der Waals surface area contributed by atoms with Crippen LogP contribution in [0, 0.1) is 6.92 Å². The summed E-state index contributed by atoms with van der Waals surface area (Å²) < 4.78 is 0. The maximum Gasteiger partial charge on any atom is 0.257 e. The van der Waals surface area contributed by atoms with Gasteiger partial charge in [0.1, 0.15) is 0 Å². The first-order valence-corrected chi connectivity index (χ1v) is 9.12. The van der Waals surface area contributed by atoms with E-state index in [2.05, 4.69) is 30.2 Å². The number of para-hydroxylation sites is 2.